The predicted molar refractivity (Wildman–Crippen MR) is 82.0 cm³/mol. The zero-order valence-electron chi connectivity index (χ0n) is 12.5. The molecule has 9 heteroatoms. The van der Waals surface area contributed by atoms with Crippen LogP contribution >= 0.6 is 0 Å². The third kappa shape index (κ3) is 5.17. The first-order valence-electron chi connectivity index (χ1n) is 7.44. The Bertz CT molecular complexity index is 547. The van der Waals surface area contributed by atoms with Crippen LogP contribution < -0.4 is 4.72 Å². The maximum atomic E-state index is 11.8. The van der Waals surface area contributed by atoms with Gasteiger partial charge in [0.15, 0.2) is 0 Å². The molecule has 0 amide bonds. The second-order valence-corrected chi connectivity index (χ2v) is 9.80. The summed E-state index contributed by atoms with van der Waals surface area (Å²) in [5.74, 6) is 0.256. The fraction of sp³-hybridized carbons (Fsp3) is 1.00. The lowest BCUT2D eigenvalue weighted by atomic mass is 10.0. The molecule has 1 unspecified atom stereocenters. The van der Waals surface area contributed by atoms with Crippen molar-refractivity contribution >= 4 is 20.0 Å². The lowest BCUT2D eigenvalue weighted by Gasteiger charge is -2.36. The van der Waals surface area contributed by atoms with Gasteiger partial charge >= 0.3 is 0 Å². The van der Waals surface area contributed by atoms with Gasteiger partial charge in [0.2, 0.25) is 20.0 Å². The SMILES string of the molecule is CS(=O)(=O)NCC1CCCCN1CCN1CCCS1(=O)=O. The first kappa shape index (κ1) is 17.1. The zero-order valence-corrected chi connectivity index (χ0v) is 14.1. The number of likely N-dealkylation sites (tertiary alicyclic amines) is 1. The van der Waals surface area contributed by atoms with Crippen molar-refractivity contribution in [1.82, 2.24) is 13.9 Å². The van der Waals surface area contributed by atoms with Crippen LogP contribution in [0.4, 0.5) is 0 Å². The first-order valence-corrected chi connectivity index (χ1v) is 10.9. The second-order valence-electron chi connectivity index (χ2n) is 5.87. The van der Waals surface area contributed by atoms with E-state index in [9.17, 15) is 16.8 Å². The third-order valence-corrected chi connectivity index (χ3v) is 6.82. The normalized spacial score (nSPS) is 28.0. The summed E-state index contributed by atoms with van der Waals surface area (Å²) in [5.41, 5.74) is 0. The van der Waals surface area contributed by atoms with Crippen molar-refractivity contribution in [2.75, 3.05) is 44.7 Å². The average molecular weight is 339 g/mol. The van der Waals surface area contributed by atoms with Crippen LogP contribution in [0.5, 0.6) is 0 Å². The minimum Gasteiger partial charge on any atom is -0.298 e. The van der Waals surface area contributed by atoms with Crippen molar-refractivity contribution in [3.8, 4) is 0 Å². The third-order valence-electron chi connectivity index (χ3n) is 4.17. The monoisotopic (exact) mass is 339 g/mol. The Kier molecular flexibility index (Phi) is 5.64. The van der Waals surface area contributed by atoms with Crippen LogP contribution in [0.3, 0.4) is 0 Å². The van der Waals surface area contributed by atoms with Crippen molar-refractivity contribution in [1.29, 1.82) is 0 Å². The standard InChI is InChI=1S/C12H25N3O4S2/c1-20(16,17)13-11-12-5-2-3-6-14(12)8-9-15-7-4-10-21(15,18)19/h12-13H,2-11H2,1H3. The van der Waals surface area contributed by atoms with E-state index in [0.29, 0.717) is 32.6 Å². The van der Waals surface area contributed by atoms with Gasteiger partial charge in [0.1, 0.15) is 0 Å². The molecule has 0 spiro atoms. The van der Waals surface area contributed by atoms with Crippen LogP contribution in [-0.2, 0) is 20.0 Å². The lowest BCUT2D eigenvalue weighted by molar-refractivity contribution is 0.143. The van der Waals surface area contributed by atoms with E-state index in [1.54, 1.807) is 4.31 Å². The van der Waals surface area contributed by atoms with Gasteiger partial charge in [-0.3, -0.25) is 4.90 Å². The Balaban J connectivity index is 1.87. The summed E-state index contributed by atoms with van der Waals surface area (Å²) in [6, 6.07) is 0.166. The summed E-state index contributed by atoms with van der Waals surface area (Å²) in [7, 11) is -6.22. The highest BCUT2D eigenvalue weighted by Crippen LogP contribution is 2.18. The molecule has 1 N–H and O–H groups in total. The highest BCUT2D eigenvalue weighted by atomic mass is 32.2. The number of hydrogen-bond acceptors (Lipinski definition) is 5. The van der Waals surface area contributed by atoms with E-state index in [1.807, 2.05) is 0 Å². The summed E-state index contributed by atoms with van der Waals surface area (Å²) in [5, 5.41) is 0. The zero-order chi connectivity index (χ0) is 15.5. The molecule has 2 saturated heterocycles. The topological polar surface area (TPSA) is 86.8 Å². The van der Waals surface area contributed by atoms with E-state index in [2.05, 4.69) is 9.62 Å². The fourth-order valence-corrected chi connectivity index (χ4v) is 5.03. The molecule has 2 fully saturated rings. The average Bonchev–Trinajstić information content (AvgIpc) is 2.73. The number of hydrogen-bond donors (Lipinski definition) is 1. The smallest absolute Gasteiger partial charge is 0.214 e. The summed E-state index contributed by atoms with van der Waals surface area (Å²) >= 11 is 0. The van der Waals surface area contributed by atoms with Crippen molar-refractivity contribution in [3.63, 3.8) is 0 Å². The second kappa shape index (κ2) is 6.91. The molecule has 124 valence electrons. The fourth-order valence-electron chi connectivity index (χ4n) is 3.02. The van der Waals surface area contributed by atoms with E-state index < -0.39 is 20.0 Å². The number of piperidine rings is 1. The predicted octanol–water partition coefficient (Wildman–Crippen LogP) is -0.574. The van der Waals surface area contributed by atoms with Crippen LogP contribution in [0, 0.1) is 0 Å². The molecular weight excluding hydrogens is 314 g/mol. The van der Waals surface area contributed by atoms with Gasteiger partial charge in [0, 0.05) is 32.2 Å². The summed E-state index contributed by atoms with van der Waals surface area (Å²) in [6.07, 6.45) is 5.00. The van der Waals surface area contributed by atoms with Gasteiger partial charge in [0.25, 0.3) is 0 Å². The molecule has 0 bridgehead atoms. The van der Waals surface area contributed by atoms with Crippen molar-refractivity contribution in [2.24, 2.45) is 0 Å². The Labute approximate surface area is 127 Å². The van der Waals surface area contributed by atoms with E-state index in [4.69, 9.17) is 0 Å². The molecule has 2 heterocycles. The molecule has 21 heavy (non-hydrogen) atoms. The molecule has 1 atom stereocenters. The molecule has 0 radical (unpaired) electrons. The molecule has 2 aliphatic rings. The molecular formula is C12H25N3O4S2. The maximum Gasteiger partial charge on any atom is 0.214 e. The quantitative estimate of drug-likeness (QED) is 0.700. The lowest BCUT2D eigenvalue weighted by Crippen LogP contribution is -2.49. The number of sulfonamides is 2. The molecule has 2 aliphatic heterocycles. The van der Waals surface area contributed by atoms with Crippen LogP contribution in [0.15, 0.2) is 0 Å². The van der Waals surface area contributed by atoms with Crippen LogP contribution in [0.1, 0.15) is 25.7 Å². The first-order chi connectivity index (χ1) is 9.78. The molecule has 2 rings (SSSR count). The minimum atomic E-state index is -3.18. The van der Waals surface area contributed by atoms with Crippen LogP contribution in [-0.4, -0.2) is 76.8 Å². The molecule has 7 nitrogen and oxygen atoms in total. The van der Waals surface area contributed by atoms with Gasteiger partial charge in [0.05, 0.1) is 12.0 Å². The Morgan fingerprint density at radius 2 is 1.90 bits per heavy atom. The molecule has 0 saturated carbocycles. The largest absolute Gasteiger partial charge is 0.298 e. The van der Waals surface area contributed by atoms with Gasteiger partial charge in [-0.2, -0.15) is 0 Å². The minimum absolute atomic E-state index is 0.166. The van der Waals surface area contributed by atoms with Gasteiger partial charge in [-0.05, 0) is 25.8 Å². The van der Waals surface area contributed by atoms with Crippen molar-refractivity contribution in [3.05, 3.63) is 0 Å². The van der Waals surface area contributed by atoms with Gasteiger partial charge < -0.3 is 0 Å². The van der Waals surface area contributed by atoms with Gasteiger partial charge in [-0.15, -0.1) is 0 Å². The number of nitrogens with one attached hydrogen (secondary N) is 1. The molecule has 0 aromatic carbocycles. The van der Waals surface area contributed by atoms with Gasteiger partial charge in [-0.1, -0.05) is 6.42 Å². The highest BCUT2D eigenvalue weighted by Gasteiger charge is 2.30. The maximum absolute atomic E-state index is 11.8. The van der Waals surface area contributed by atoms with Gasteiger partial charge in [-0.25, -0.2) is 25.9 Å². The molecule has 0 aromatic rings. The van der Waals surface area contributed by atoms with E-state index in [-0.39, 0.29) is 11.8 Å². The van der Waals surface area contributed by atoms with E-state index in [0.717, 1.165) is 32.1 Å². The molecule has 0 aromatic heterocycles. The Hall–Kier alpha value is -0.220. The van der Waals surface area contributed by atoms with Crippen LogP contribution in [0.25, 0.3) is 0 Å². The number of rotatable bonds is 6. The number of nitrogens with zero attached hydrogens (tertiary/aromatic N) is 2. The summed E-state index contributed by atoms with van der Waals surface area (Å²) in [4.78, 5) is 2.22. The Morgan fingerprint density at radius 3 is 2.52 bits per heavy atom. The van der Waals surface area contributed by atoms with E-state index >= 15 is 0 Å². The van der Waals surface area contributed by atoms with Crippen molar-refractivity contribution in [2.45, 2.75) is 31.7 Å². The summed E-state index contributed by atoms with van der Waals surface area (Å²) in [6.45, 7) is 3.12. The summed E-state index contributed by atoms with van der Waals surface area (Å²) < 4.78 is 50.1. The van der Waals surface area contributed by atoms with Crippen molar-refractivity contribution < 1.29 is 16.8 Å². The highest BCUT2D eigenvalue weighted by molar-refractivity contribution is 7.89. The Morgan fingerprint density at radius 1 is 1.14 bits per heavy atom. The van der Waals surface area contributed by atoms with Crippen LogP contribution in [0.2, 0.25) is 0 Å². The molecule has 0 aliphatic carbocycles. The van der Waals surface area contributed by atoms with E-state index in [1.165, 1.54) is 0 Å².